The minimum absolute atomic E-state index is 0.0302. The third-order valence-electron chi connectivity index (χ3n) is 2.30. The van der Waals surface area contributed by atoms with Crippen molar-refractivity contribution in [2.24, 2.45) is 11.8 Å². The molecule has 0 heterocycles. The molecule has 1 N–H and O–H groups in total. The van der Waals surface area contributed by atoms with Crippen LogP contribution in [0.15, 0.2) is 0 Å². The molecule has 0 aromatic rings. The van der Waals surface area contributed by atoms with Crippen LogP contribution in [0.1, 0.15) is 34.6 Å². The fraction of sp³-hybridized carbons (Fsp3) is 0.833. The van der Waals surface area contributed by atoms with Crippen molar-refractivity contribution >= 4 is 12.1 Å². The van der Waals surface area contributed by atoms with E-state index in [0.29, 0.717) is 0 Å². The molecule has 0 bridgehead atoms. The molecule has 0 saturated carbocycles. The number of nitrogens with zero attached hydrogens (tertiary/aromatic N) is 1. The van der Waals surface area contributed by atoms with Gasteiger partial charge < -0.3 is 14.7 Å². The number of carbonyl (C=O) groups excluding carboxylic acids is 1. The number of hydrogen-bond donors (Lipinski definition) is 1. The van der Waals surface area contributed by atoms with Gasteiger partial charge in [-0.15, -0.1) is 0 Å². The monoisotopic (exact) mass is 245 g/mol. The molecular formula is C12H23NO4. The molecule has 0 rings (SSSR count). The summed E-state index contributed by atoms with van der Waals surface area (Å²) in [7, 11) is 1.55. The number of carboxylic acid groups (broad SMARTS) is 1. The van der Waals surface area contributed by atoms with Crippen molar-refractivity contribution in [3.05, 3.63) is 0 Å². The summed E-state index contributed by atoms with van der Waals surface area (Å²) in [6.45, 7) is 9.12. The van der Waals surface area contributed by atoms with Crippen molar-refractivity contribution in [1.82, 2.24) is 4.90 Å². The first kappa shape index (κ1) is 15.7. The molecule has 0 unspecified atom stereocenters. The van der Waals surface area contributed by atoms with Crippen molar-refractivity contribution in [1.29, 1.82) is 0 Å². The highest BCUT2D eigenvalue weighted by molar-refractivity contribution is 5.72. The molecule has 1 amide bonds. The van der Waals surface area contributed by atoms with Gasteiger partial charge in [0.05, 0.1) is 5.92 Å². The number of aliphatic carboxylic acids is 1. The molecule has 5 nitrogen and oxygen atoms in total. The Morgan fingerprint density at radius 2 is 1.76 bits per heavy atom. The van der Waals surface area contributed by atoms with Crippen molar-refractivity contribution in [2.75, 3.05) is 13.6 Å². The lowest BCUT2D eigenvalue weighted by atomic mass is 9.96. The van der Waals surface area contributed by atoms with E-state index in [2.05, 4.69) is 0 Å². The van der Waals surface area contributed by atoms with Gasteiger partial charge in [0.2, 0.25) is 0 Å². The highest BCUT2D eigenvalue weighted by atomic mass is 16.6. The Labute approximate surface area is 103 Å². The van der Waals surface area contributed by atoms with E-state index in [4.69, 9.17) is 9.84 Å². The van der Waals surface area contributed by atoms with Gasteiger partial charge in [-0.05, 0) is 26.7 Å². The van der Waals surface area contributed by atoms with Crippen LogP contribution in [0.4, 0.5) is 4.79 Å². The standard InChI is InChI=1S/C12H23NO4/c1-8(2)9(10(14)15)7-13(6)11(16)17-12(3,4)5/h8-9H,7H2,1-6H3,(H,14,15)/t9-/m1/s1. The van der Waals surface area contributed by atoms with Crippen molar-refractivity contribution in [3.63, 3.8) is 0 Å². The van der Waals surface area contributed by atoms with Crippen LogP contribution in [-0.2, 0) is 9.53 Å². The number of amides is 1. The summed E-state index contributed by atoms with van der Waals surface area (Å²) in [5, 5.41) is 9.03. The van der Waals surface area contributed by atoms with Crippen molar-refractivity contribution in [2.45, 2.75) is 40.2 Å². The Morgan fingerprint density at radius 3 is 2.06 bits per heavy atom. The molecule has 0 radical (unpaired) electrons. The Bertz CT molecular complexity index is 281. The minimum Gasteiger partial charge on any atom is -0.481 e. The zero-order valence-corrected chi connectivity index (χ0v) is 11.5. The van der Waals surface area contributed by atoms with Gasteiger partial charge in [0.1, 0.15) is 5.60 Å². The summed E-state index contributed by atoms with van der Waals surface area (Å²) in [4.78, 5) is 24.0. The van der Waals surface area contributed by atoms with Gasteiger partial charge in [0.25, 0.3) is 0 Å². The summed E-state index contributed by atoms with van der Waals surface area (Å²) < 4.78 is 5.15. The Balaban J connectivity index is 4.46. The fourth-order valence-corrected chi connectivity index (χ4v) is 1.28. The van der Waals surface area contributed by atoms with Crippen LogP contribution >= 0.6 is 0 Å². The maximum absolute atomic E-state index is 11.7. The first-order valence-corrected chi connectivity index (χ1v) is 5.71. The predicted molar refractivity (Wildman–Crippen MR) is 64.8 cm³/mol. The smallest absolute Gasteiger partial charge is 0.410 e. The minimum atomic E-state index is -0.893. The average molecular weight is 245 g/mol. The number of carboxylic acids is 1. The molecule has 0 saturated heterocycles. The molecular weight excluding hydrogens is 222 g/mol. The average Bonchev–Trinajstić information content (AvgIpc) is 2.09. The second-order valence-electron chi connectivity index (χ2n) is 5.55. The quantitative estimate of drug-likeness (QED) is 0.824. The van der Waals surface area contributed by atoms with Gasteiger partial charge in [-0.3, -0.25) is 4.79 Å². The second kappa shape index (κ2) is 5.89. The lowest BCUT2D eigenvalue weighted by Gasteiger charge is -2.27. The van der Waals surface area contributed by atoms with E-state index in [1.807, 2.05) is 13.8 Å². The van der Waals surface area contributed by atoms with Crippen molar-refractivity contribution in [3.8, 4) is 0 Å². The molecule has 0 fully saturated rings. The zero-order chi connectivity index (χ0) is 13.8. The van der Waals surface area contributed by atoms with Crippen LogP contribution in [0.5, 0.6) is 0 Å². The van der Waals surface area contributed by atoms with Gasteiger partial charge in [-0.25, -0.2) is 4.79 Å². The summed E-state index contributed by atoms with van der Waals surface area (Å²) in [5.41, 5.74) is -0.568. The topological polar surface area (TPSA) is 66.8 Å². The normalized spacial score (nSPS) is 13.4. The van der Waals surface area contributed by atoms with Crippen LogP contribution in [0.3, 0.4) is 0 Å². The highest BCUT2D eigenvalue weighted by Gasteiger charge is 2.27. The summed E-state index contributed by atoms with van der Waals surface area (Å²) in [5.74, 6) is -1.50. The molecule has 0 aliphatic rings. The van der Waals surface area contributed by atoms with Gasteiger partial charge in [0.15, 0.2) is 0 Å². The number of hydrogen-bond acceptors (Lipinski definition) is 3. The zero-order valence-electron chi connectivity index (χ0n) is 11.5. The van der Waals surface area contributed by atoms with Gasteiger partial charge >= 0.3 is 12.1 Å². The Hall–Kier alpha value is -1.26. The fourth-order valence-electron chi connectivity index (χ4n) is 1.28. The summed E-state index contributed by atoms with van der Waals surface area (Å²) in [6, 6.07) is 0. The SMILES string of the molecule is CC(C)[C@@H](CN(C)C(=O)OC(C)(C)C)C(=O)O. The number of rotatable bonds is 4. The largest absolute Gasteiger partial charge is 0.481 e. The molecule has 0 aromatic carbocycles. The molecule has 1 atom stereocenters. The molecule has 0 aromatic heterocycles. The predicted octanol–water partition coefficient (Wildman–Crippen LogP) is 2.21. The van der Waals surface area contributed by atoms with Crippen molar-refractivity contribution < 1.29 is 19.4 Å². The van der Waals surface area contributed by atoms with Crippen LogP contribution in [-0.4, -0.2) is 41.3 Å². The van der Waals surface area contributed by atoms with Crippen LogP contribution in [0.2, 0.25) is 0 Å². The van der Waals surface area contributed by atoms with E-state index in [1.165, 1.54) is 4.90 Å². The van der Waals surface area contributed by atoms with E-state index in [-0.39, 0.29) is 12.5 Å². The van der Waals surface area contributed by atoms with Gasteiger partial charge in [-0.1, -0.05) is 13.8 Å². The van der Waals surface area contributed by atoms with E-state index in [1.54, 1.807) is 27.8 Å². The lowest BCUT2D eigenvalue weighted by Crippen LogP contribution is -2.40. The first-order valence-electron chi connectivity index (χ1n) is 5.71. The van der Waals surface area contributed by atoms with Crippen LogP contribution in [0.25, 0.3) is 0 Å². The third kappa shape index (κ3) is 6.14. The Kier molecular flexibility index (Phi) is 5.45. The lowest BCUT2D eigenvalue weighted by molar-refractivity contribution is -0.143. The second-order valence-corrected chi connectivity index (χ2v) is 5.55. The Morgan fingerprint density at radius 1 is 1.29 bits per heavy atom. The van der Waals surface area contributed by atoms with Crippen LogP contribution < -0.4 is 0 Å². The number of ether oxygens (including phenoxy) is 1. The molecule has 0 aliphatic heterocycles. The summed E-state index contributed by atoms with van der Waals surface area (Å²) >= 11 is 0. The van der Waals surface area contributed by atoms with E-state index in [9.17, 15) is 9.59 Å². The summed E-state index contributed by atoms with van der Waals surface area (Å²) in [6.07, 6.45) is -0.496. The van der Waals surface area contributed by atoms with Gasteiger partial charge in [-0.2, -0.15) is 0 Å². The van der Waals surface area contributed by atoms with Crippen LogP contribution in [0, 0.1) is 11.8 Å². The third-order valence-corrected chi connectivity index (χ3v) is 2.30. The molecule has 0 aliphatic carbocycles. The van der Waals surface area contributed by atoms with E-state index in [0.717, 1.165) is 0 Å². The molecule has 17 heavy (non-hydrogen) atoms. The molecule has 0 spiro atoms. The maximum Gasteiger partial charge on any atom is 0.410 e. The van der Waals surface area contributed by atoms with E-state index >= 15 is 0 Å². The number of carbonyl (C=O) groups is 2. The molecule has 5 heteroatoms. The van der Waals surface area contributed by atoms with E-state index < -0.39 is 23.6 Å². The highest BCUT2D eigenvalue weighted by Crippen LogP contribution is 2.15. The molecule has 100 valence electrons. The van der Waals surface area contributed by atoms with Gasteiger partial charge in [0, 0.05) is 13.6 Å². The first-order chi connectivity index (χ1) is 7.54. The maximum atomic E-state index is 11.7.